The third-order valence-corrected chi connectivity index (χ3v) is 5.04. The van der Waals surface area contributed by atoms with Crippen LogP contribution in [0.3, 0.4) is 0 Å². The molecule has 138 valence electrons. The Hall–Kier alpha value is -3.07. The highest BCUT2D eigenvalue weighted by Crippen LogP contribution is 2.37. The van der Waals surface area contributed by atoms with E-state index < -0.39 is 0 Å². The molecule has 3 rings (SSSR count). The van der Waals surface area contributed by atoms with E-state index in [9.17, 15) is 9.90 Å². The highest BCUT2D eigenvalue weighted by atomic mass is 16.3. The van der Waals surface area contributed by atoms with Gasteiger partial charge >= 0.3 is 0 Å². The first kappa shape index (κ1) is 18.7. The van der Waals surface area contributed by atoms with E-state index in [1.807, 2.05) is 87.5 Å². The van der Waals surface area contributed by atoms with Crippen LogP contribution in [-0.4, -0.2) is 11.0 Å². The second-order valence-electron chi connectivity index (χ2n) is 7.03. The Morgan fingerprint density at radius 3 is 2.26 bits per heavy atom. The van der Waals surface area contributed by atoms with Gasteiger partial charge in [-0.15, -0.1) is 0 Å². The molecule has 0 spiro atoms. The Kier molecular flexibility index (Phi) is 5.60. The maximum Gasteiger partial charge on any atom is 0.225 e. The zero-order chi connectivity index (χ0) is 19.4. The zero-order valence-electron chi connectivity index (χ0n) is 16.0. The molecule has 0 fully saturated rings. The predicted molar refractivity (Wildman–Crippen MR) is 110 cm³/mol. The van der Waals surface area contributed by atoms with Crippen LogP contribution in [0.5, 0.6) is 5.75 Å². The van der Waals surface area contributed by atoms with Crippen molar-refractivity contribution in [3.63, 3.8) is 0 Å². The number of carbonyl (C=O) groups is 1. The lowest BCUT2D eigenvalue weighted by molar-refractivity contribution is -0.116. The van der Waals surface area contributed by atoms with E-state index in [0.29, 0.717) is 0 Å². The van der Waals surface area contributed by atoms with E-state index in [2.05, 4.69) is 5.32 Å². The Morgan fingerprint density at radius 2 is 1.59 bits per heavy atom. The summed E-state index contributed by atoms with van der Waals surface area (Å²) in [7, 11) is 0. The van der Waals surface area contributed by atoms with Crippen LogP contribution in [-0.2, 0) is 4.79 Å². The number of aromatic hydroxyl groups is 1. The molecule has 0 aromatic heterocycles. The lowest BCUT2D eigenvalue weighted by atomic mass is 9.86. The van der Waals surface area contributed by atoms with Crippen molar-refractivity contribution in [2.24, 2.45) is 0 Å². The second kappa shape index (κ2) is 8.09. The van der Waals surface area contributed by atoms with Gasteiger partial charge in [0.05, 0.1) is 0 Å². The summed E-state index contributed by atoms with van der Waals surface area (Å²) in [4.78, 5) is 12.7. The van der Waals surface area contributed by atoms with E-state index in [1.165, 1.54) is 0 Å². The molecule has 27 heavy (non-hydrogen) atoms. The quantitative estimate of drug-likeness (QED) is 0.634. The molecule has 3 heteroatoms. The van der Waals surface area contributed by atoms with Gasteiger partial charge in [0.25, 0.3) is 0 Å². The van der Waals surface area contributed by atoms with Crippen molar-refractivity contribution in [2.75, 3.05) is 5.32 Å². The minimum absolute atomic E-state index is 0.0784. The number of aryl methyl sites for hydroxylation is 2. The highest BCUT2D eigenvalue weighted by molar-refractivity contribution is 5.91. The summed E-state index contributed by atoms with van der Waals surface area (Å²) in [6.45, 7) is 5.89. The van der Waals surface area contributed by atoms with Crippen molar-refractivity contribution in [3.8, 4) is 5.75 Å². The Labute approximate surface area is 160 Å². The summed E-state index contributed by atoms with van der Waals surface area (Å²) in [5.41, 5.74) is 5.61. The van der Waals surface area contributed by atoms with Crippen LogP contribution in [0, 0.1) is 20.8 Å². The largest absolute Gasteiger partial charge is 0.507 e. The molecule has 0 heterocycles. The van der Waals surface area contributed by atoms with Gasteiger partial charge in [0, 0.05) is 23.6 Å². The number of phenolic OH excluding ortho intramolecular Hbond substituents is 1. The molecule has 0 bridgehead atoms. The molecule has 1 amide bonds. The van der Waals surface area contributed by atoms with Crippen molar-refractivity contribution in [1.29, 1.82) is 0 Å². The molecular weight excluding hydrogens is 334 g/mol. The van der Waals surface area contributed by atoms with E-state index in [-0.39, 0.29) is 24.0 Å². The topological polar surface area (TPSA) is 49.3 Å². The molecule has 1 atom stereocenters. The van der Waals surface area contributed by atoms with Crippen LogP contribution < -0.4 is 5.32 Å². The summed E-state index contributed by atoms with van der Waals surface area (Å²) >= 11 is 0. The summed E-state index contributed by atoms with van der Waals surface area (Å²) < 4.78 is 0. The number of nitrogens with one attached hydrogen (secondary N) is 1. The molecule has 0 aliphatic rings. The van der Waals surface area contributed by atoms with Gasteiger partial charge in [0.15, 0.2) is 0 Å². The van der Waals surface area contributed by atoms with E-state index in [1.54, 1.807) is 0 Å². The van der Waals surface area contributed by atoms with Crippen molar-refractivity contribution in [1.82, 2.24) is 0 Å². The first-order valence-corrected chi connectivity index (χ1v) is 9.16. The first-order valence-electron chi connectivity index (χ1n) is 9.16. The number of anilines is 1. The molecule has 3 nitrogen and oxygen atoms in total. The van der Waals surface area contributed by atoms with Gasteiger partial charge in [-0.1, -0.05) is 60.2 Å². The van der Waals surface area contributed by atoms with E-state index in [0.717, 1.165) is 33.5 Å². The minimum Gasteiger partial charge on any atom is -0.507 e. The molecule has 2 N–H and O–H groups in total. The standard InChI is InChI=1S/C24H25NO2/c1-16-9-12-20(13-10-16)25-23(26)15-22(19-7-5-4-6-8-19)21-14-11-17(2)18(3)24(21)27/h4-14,22,27H,15H2,1-3H3,(H,25,26)/t22-/m0/s1. The summed E-state index contributed by atoms with van der Waals surface area (Å²) in [6, 6.07) is 21.5. The zero-order valence-corrected chi connectivity index (χ0v) is 16.0. The van der Waals surface area contributed by atoms with Gasteiger partial charge < -0.3 is 10.4 Å². The molecule has 0 saturated carbocycles. The normalized spacial score (nSPS) is 11.8. The van der Waals surface area contributed by atoms with Crippen LogP contribution in [0.2, 0.25) is 0 Å². The number of carbonyl (C=O) groups excluding carboxylic acids is 1. The lowest BCUT2D eigenvalue weighted by Crippen LogP contribution is -2.16. The van der Waals surface area contributed by atoms with Gasteiger partial charge in [0.2, 0.25) is 5.91 Å². The minimum atomic E-state index is -0.212. The summed E-state index contributed by atoms with van der Waals surface area (Å²) in [5.74, 6) is -0.0201. The van der Waals surface area contributed by atoms with Crippen LogP contribution in [0.15, 0.2) is 66.7 Å². The van der Waals surface area contributed by atoms with Gasteiger partial charge in [0.1, 0.15) is 5.75 Å². The fraction of sp³-hybridized carbons (Fsp3) is 0.208. The van der Waals surface area contributed by atoms with Crippen molar-refractivity contribution < 1.29 is 9.90 Å². The monoisotopic (exact) mass is 359 g/mol. The molecule has 0 aliphatic carbocycles. The number of rotatable bonds is 5. The Balaban J connectivity index is 1.90. The number of benzene rings is 3. The van der Waals surface area contributed by atoms with Gasteiger partial charge in [-0.2, -0.15) is 0 Å². The second-order valence-corrected chi connectivity index (χ2v) is 7.03. The number of amides is 1. The average molecular weight is 359 g/mol. The van der Waals surface area contributed by atoms with Gasteiger partial charge in [-0.3, -0.25) is 4.79 Å². The highest BCUT2D eigenvalue weighted by Gasteiger charge is 2.22. The van der Waals surface area contributed by atoms with Crippen LogP contribution in [0.4, 0.5) is 5.69 Å². The van der Waals surface area contributed by atoms with Crippen LogP contribution >= 0.6 is 0 Å². The number of hydrogen-bond donors (Lipinski definition) is 2. The fourth-order valence-electron chi connectivity index (χ4n) is 3.23. The molecule has 0 saturated heterocycles. The Morgan fingerprint density at radius 1 is 0.926 bits per heavy atom. The number of hydrogen-bond acceptors (Lipinski definition) is 2. The third kappa shape index (κ3) is 4.37. The fourth-order valence-corrected chi connectivity index (χ4v) is 3.23. The average Bonchev–Trinajstić information content (AvgIpc) is 2.67. The van der Waals surface area contributed by atoms with Crippen molar-refractivity contribution >= 4 is 11.6 Å². The summed E-state index contributed by atoms with van der Waals surface area (Å²) in [6.07, 6.45) is 0.258. The van der Waals surface area contributed by atoms with Crippen LogP contribution in [0.25, 0.3) is 0 Å². The van der Waals surface area contributed by atoms with Crippen molar-refractivity contribution in [2.45, 2.75) is 33.1 Å². The maximum atomic E-state index is 12.7. The third-order valence-electron chi connectivity index (χ3n) is 5.04. The Bertz CT molecular complexity index is 931. The van der Waals surface area contributed by atoms with Gasteiger partial charge in [-0.25, -0.2) is 0 Å². The lowest BCUT2D eigenvalue weighted by Gasteiger charge is -2.20. The van der Waals surface area contributed by atoms with Gasteiger partial charge in [-0.05, 0) is 49.6 Å². The van der Waals surface area contributed by atoms with Crippen LogP contribution in [0.1, 0.15) is 40.2 Å². The maximum absolute atomic E-state index is 12.7. The molecule has 0 unspecified atom stereocenters. The SMILES string of the molecule is Cc1ccc(NC(=O)C[C@@H](c2ccccc2)c2ccc(C)c(C)c2O)cc1. The van der Waals surface area contributed by atoms with Crippen molar-refractivity contribution in [3.05, 3.63) is 94.5 Å². The molecule has 0 aliphatic heterocycles. The molecule has 3 aromatic rings. The van der Waals surface area contributed by atoms with E-state index >= 15 is 0 Å². The summed E-state index contributed by atoms with van der Waals surface area (Å²) in [5, 5.41) is 13.7. The smallest absolute Gasteiger partial charge is 0.225 e. The molecule has 3 aromatic carbocycles. The predicted octanol–water partition coefficient (Wildman–Crippen LogP) is 5.48. The molecule has 0 radical (unpaired) electrons. The molecular formula is C24H25NO2. The first-order chi connectivity index (χ1) is 13.0. The number of phenols is 1. The van der Waals surface area contributed by atoms with E-state index in [4.69, 9.17) is 0 Å².